The number of halogens is 2. The van der Waals surface area contributed by atoms with E-state index in [1.165, 1.54) is 16.9 Å². The number of anilines is 2. The van der Waals surface area contributed by atoms with E-state index < -0.39 is 18.0 Å². The molecule has 34 heavy (non-hydrogen) atoms. The average molecular weight is 472 g/mol. The third kappa shape index (κ3) is 3.71. The Labute approximate surface area is 195 Å². The van der Waals surface area contributed by atoms with Gasteiger partial charge in [-0.15, -0.1) is 0 Å². The molecule has 1 aliphatic carbocycles. The Hall–Kier alpha value is -3.08. The zero-order valence-corrected chi connectivity index (χ0v) is 18.9. The highest BCUT2D eigenvalue weighted by atomic mass is 19.3. The van der Waals surface area contributed by atoms with Gasteiger partial charge in [-0.1, -0.05) is 6.92 Å². The minimum atomic E-state index is -2.79. The molecule has 2 aliphatic heterocycles. The molecule has 1 saturated carbocycles. The van der Waals surface area contributed by atoms with Crippen molar-refractivity contribution in [2.45, 2.75) is 63.6 Å². The van der Waals surface area contributed by atoms with E-state index in [1.54, 1.807) is 10.9 Å². The van der Waals surface area contributed by atoms with Crippen molar-refractivity contribution >= 4 is 23.1 Å². The topological polar surface area (TPSA) is 89.6 Å². The van der Waals surface area contributed by atoms with Crippen molar-refractivity contribution in [2.75, 3.05) is 23.4 Å². The summed E-state index contributed by atoms with van der Waals surface area (Å²) in [4.78, 5) is 20.0. The van der Waals surface area contributed by atoms with E-state index in [2.05, 4.69) is 32.3 Å². The van der Waals surface area contributed by atoms with Crippen LogP contribution in [0.2, 0.25) is 0 Å². The van der Waals surface area contributed by atoms with Gasteiger partial charge >= 0.3 is 0 Å². The van der Waals surface area contributed by atoms with Crippen molar-refractivity contribution in [1.82, 2.24) is 24.4 Å². The van der Waals surface area contributed by atoms with Crippen LogP contribution in [-0.2, 0) is 4.74 Å². The molecular weight excluding hydrogens is 444 g/mol. The fourth-order valence-electron chi connectivity index (χ4n) is 5.41. The van der Waals surface area contributed by atoms with Crippen molar-refractivity contribution < 1.29 is 18.3 Å². The highest BCUT2D eigenvalue weighted by Gasteiger charge is 2.39. The zero-order valence-electron chi connectivity index (χ0n) is 18.9. The molecule has 2 atom stereocenters. The van der Waals surface area contributed by atoms with E-state index in [0.717, 1.165) is 44.5 Å². The lowest BCUT2D eigenvalue weighted by Crippen LogP contribution is -2.37. The van der Waals surface area contributed by atoms with Crippen molar-refractivity contribution in [3.8, 4) is 0 Å². The summed E-state index contributed by atoms with van der Waals surface area (Å²) in [7, 11) is 0. The molecule has 6 rings (SSSR count). The number of nitrogens with zero attached hydrogens (tertiary/aromatic N) is 6. The van der Waals surface area contributed by atoms with Crippen molar-refractivity contribution in [3.63, 3.8) is 0 Å². The normalized spacial score (nSPS) is 26.6. The monoisotopic (exact) mass is 471 g/mol. The lowest BCUT2D eigenvalue weighted by Gasteiger charge is -2.27. The molecule has 1 amide bonds. The average Bonchev–Trinajstić information content (AvgIpc) is 3.61. The van der Waals surface area contributed by atoms with Crippen LogP contribution >= 0.6 is 0 Å². The molecule has 0 unspecified atom stereocenters. The fourth-order valence-corrected chi connectivity index (χ4v) is 5.41. The molecule has 0 spiro atoms. The van der Waals surface area contributed by atoms with Crippen LogP contribution < -0.4 is 10.2 Å². The standard InChI is InChI=1S/C23H27F2N7O2/c1-13-2-4-14(5-3-13)32-11-18(20(29-32)21(24)25)27-23(33)17-9-26-31-7-6-19(28-22(17)31)30-10-16-8-15(30)12-34-16/h6-7,9,11,13-16,21H,2-5,8,10,12H2,1H3,(H,27,33)/t13-,14+,15-,16-/m0/s1. The SMILES string of the molecule is C[C@H]1CC[C@@H](n2cc(NC(=O)c3cnn4ccc(N5C[C@@H]6C[C@H]5CO6)nc34)c(C(F)F)n2)CC1. The number of morpholine rings is 1. The summed E-state index contributed by atoms with van der Waals surface area (Å²) in [6.07, 6.45) is 6.96. The first-order chi connectivity index (χ1) is 16.5. The molecule has 2 bridgehead atoms. The van der Waals surface area contributed by atoms with Gasteiger partial charge in [0.15, 0.2) is 11.3 Å². The van der Waals surface area contributed by atoms with Gasteiger partial charge in [0, 0.05) is 18.9 Å². The summed E-state index contributed by atoms with van der Waals surface area (Å²) in [5, 5.41) is 11.0. The van der Waals surface area contributed by atoms with Gasteiger partial charge in [0.2, 0.25) is 0 Å². The first-order valence-corrected chi connectivity index (χ1v) is 11.9. The fraction of sp³-hybridized carbons (Fsp3) is 0.565. The highest BCUT2D eigenvalue weighted by molar-refractivity contribution is 6.08. The number of nitrogens with one attached hydrogen (secondary N) is 1. The molecule has 3 aliphatic rings. The summed E-state index contributed by atoms with van der Waals surface area (Å²) in [6, 6.07) is 2.22. The van der Waals surface area contributed by atoms with E-state index in [1.807, 2.05) is 6.07 Å². The van der Waals surface area contributed by atoms with Crippen LogP contribution in [0.3, 0.4) is 0 Å². The van der Waals surface area contributed by atoms with Crippen molar-refractivity contribution in [2.24, 2.45) is 5.92 Å². The number of hydrogen-bond donors (Lipinski definition) is 1. The Morgan fingerprint density at radius 2 is 2.06 bits per heavy atom. The van der Waals surface area contributed by atoms with Gasteiger partial charge in [-0.3, -0.25) is 9.48 Å². The first kappa shape index (κ1) is 21.5. The molecule has 1 N–H and O–H groups in total. The number of carbonyl (C=O) groups excluding carboxylic acids is 1. The second-order valence-corrected chi connectivity index (χ2v) is 9.69. The number of aromatic nitrogens is 5. The molecule has 2 saturated heterocycles. The second-order valence-electron chi connectivity index (χ2n) is 9.69. The Morgan fingerprint density at radius 3 is 2.76 bits per heavy atom. The number of rotatable bonds is 5. The lowest BCUT2D eigenvalue weighted by atomic mass is 9.87. The summed E-state index contributed by atoms with van der Waals surface area (Å²) in [5.41, 5.74) is 0.223. The van der Waals surface area contributed by atoms with Crippen LogP contribution in [0.25, 0.3) is 5.65 Å². The Kier molecular flexibility index (Phi) is 5.23. The summed E-state index contributed by atoms with van der Waals surface area (Å²) in [6.45, 7) is 3.64. The molecule has 11 heteroatoms. The minimum absolute atomic E-state index is 0.0307. The van der Waals surface area contributed by atoms with Crippen LogP contribution in [0, 0.1) is 5.92 Å². The van der Waals surface area contributed by atoms with Crippen molar-refractivity contribution in [1.29, 1.82) is 0 Å². The van der Waals surface area contributed by atoms with Gasteiger partial charge in [0.25, 0.3) is 12.3 Å². The number of carbonyl (C=O) groups is 1. The predicted octanol–water partition coefficient (Wildman–Crippen LogP) is 3.84. The van der Waals surface area contributed by atoms with Gasteiger partial charge in [-0.25, -0.2) is 18.3 Å². The predicted molar refractivity (Wildman–Crippen MR) is 120 cm³/mol. The van der Waals surface area contributed by atoms with Crippen LogP contribution in [0.5, 0.6) is 0 Å². The molecule has 180 valence electrons. The molecule has 0 radical (unpaired) electrons. The number of amides is 1. The number of fused-ring (bicyclic) bond motifs is 3. The van der Waals surface area contributed by atoms with E-state index in [4.69, 9.17) is 4.74 Å². The molecule has 3 aromatic heterocycles. The largest absolute Gasteiger partial charge is 0.374 e. The summed E-state index contributed by atoms with van der Waals surface area (Å²) >= 11 is 0. The van der Waals surface area contributed by atoms with Gasteiger partial charge < -0.3 is 15.0 Å². The van der Waals surface area contributed by atoms with E-state index in [9.17, 15) is 13.6 Å². The maximum absolute atomic E-state index is 13.7. The Balaban J connectivity index is 1.26. The van der Waals surface area contributed by atoms with Gasteiger partial charge in [-0.05, 0) is 44.1 Å². The molecule has 0 aromatic carbocycles. The maximum Gasteiger partial charge on any atom is 0.284 e. The summed E-state index contributed by atoms with van der Waals surface area (Å²) in [5.74, 6) is 0.854. The highest BCUT2D eigenvalue weighted by Crippen LogP contribution is 2.35. The van der Waals surface area contributed by atoms with E-state index in [-0.39, 0.29) is 29.4 Å². The number of ether oxygens (including phenoxy) is 1. The quantitative estimate of drug-likeness (QED) is 0.608. The van der Waals surface area contributed by atoms with Crippen LogP contribution in [0.1, 0.15) is 67.5 Å². The van der Waals surface area contributed by atoms with Gasteiger partial charge in [0.05, 0.1) is 36.7 Å². The second kappa shape index (κ2) is 8.30. The lowest BCUT2D eigenvalue weighted by molar-refractivity contribution is 0.0988. The molecule has 9 nitrogen and oxygen atoms in total. The molecule has 3 fully saturated rings. The Morgan fingerprint density at radius 1 is 1.24 bits per heavy atom. The minimum Gasteiger partial charge on any atom is -0.374 e. The smallest absolute Gasteiger partial charge is 0.284 e. The van der Waals surface area contributed by atoms with Crippen molar-refractivity contribution in [3.05, 3.63) is 35.9 Å². The van der Waals surface area contributed by atoms with Crippen LogP contribution in [0.15, 0.2) is 24.7 Å². The summed E-state index contributed by atoms with van der Waals surface area (Å²) < 4.78 is 36.3. The maximum atomic E-state index is 13.7. The van der Waals surface area contributed by atoms with Crippen LogP contribution in [-0.4, -0.2) is 55.6 Å². The third-order valence-corrected chi connectivity index (χ3v) is 7.37. The number of alkyl halides is 2. The van der Waals surface area contributed by atoms with Crippen LogP contribution in [0.4, 0.5) is 20.3 Å². The first-order valence-electron chi connectivity index (χ1n) is 11.9. The third-order valence-electron chi connectivity index (χ3n) is 7.37. The van der Waals surface area contributed by atoms with Gasteiger partial charge in [0.1, 0.15) is 11.4 Å². The number of hydrogen-bond acceptors (Lipinski definition) is 6. The zero-order chi connectivity index (χ0) is 23.4. The Bertz CT molecular complexity index is 1220. The molecular formula is C23H27F2N7O2. The van der Waals surface area contributed by atoms with E-state index in [0.29, 0.717) is 18.2 Å². The molecule has 3 aromatic rings. The van der Waals surface area contributed by atoms with E-state index >= 15 is 0 Å². The molecule has 5 heterocycles. The van der Waals surface area contributed by atoms with Gasteiger partial charge in [-0.2, -0.15) is 10.2 Å².